The van der Waals surface area contributed by atoms with Crippen LogP contribution in [0.3, 0.4) is 0 Å². The summed E-state index contributed by atoms with van der Waals surface area (Å²) in [7, 11) is 0. The van der Waals surface area contributed by atoms with Crippen LogP contribution in [0.4, 0.5) is 0 Å². The van der Waals surface area contributed by atoms with Crippen molar-refractivity contribution >= 4 is 5.97 Å². The van der Waals surface area contributed by atoms with Gasteiger partial charge in [-0.15, -0.1) is 0 Å². The molecule has 29 heavy (non-hydrogen) atoms. The molecule has 3 nitrogen and oxygen atoms in total. The first-order valence-corrected chi connectivity index (χ1v) is 12.6. The van der Waals surface area contributed by atoms with Crippen LogP contribution < -0.4 is 24.0 Å². The Labute approximate surface area is 195 Å². The molecule has 0 N–H and O–H groups in total. The molecule has 0 heterocycles. The molecular formula is C25H50LiNO2. The van der Waals surface area contributed by atoms with Crippen molar-refractivity contribution in [2.75, 3.05) is 13.1 Å². The molecule has 0 spiro atoms. The molecule has 0 bridgehead atoms. The monoisotopic (exact) mass is 403 g/mol. The first kappa shape index (κ1) is 31.2. The molecule has 0 radical (unpaired) electrons. The molecule has 1 atom stereocenters. The summed E-state index contributed by atoms with van der Waals surface area (Å²) in [5.74, 6) is -0.907. The molecule has 0 aliphatic heterocycles. The average Bonchev–Trinajstić information content (AvgIpc) is 2.67. The molecule has 0 aromatic rings. The fraction of sp³-hybridized carbons (Fsp3) is 0.960. The van der Waals surface area contributed by atoms with Crippen molar-refractivity contribution in [3.8, 4) is 0 Å². The Morgan fingerprint density at radius 2 is 1.10 bits per heavy atom. The summed E-state index contributed by atoms with van der Waals surface area (Å²) in [5, 5.41) is 10.6. The van der Waals surface area contributed by atoms with Crippen LogP contribution in [-0.4, -0.2) is 30.0 Å². The van der Waals surface area contributed by atoms with E-state index in [1.165, 1.54) is 103 Å². The van der Waals surface area contributed by atoms with Crippen molar-refractivity contribution in [2.45, 2.75) is 142 Å². The SMILES string of the molecule is CCCCCCCCCN(CCCCCCCCC)C(C)CCCCC(=O)[O-].[Li+]. The van der Waals surface area contributed by atoms with Gasteiger partial charge in [-0.25, -0.2) is 0 Å². The number of unbranched alkanes of at least 4 members (excludes halogenated alkanes) is 13. The van der Waals surface area contributed by atoms with E-state index in [0.717, 1.165) is 19.3 Å². The van der Waals surface area contributed by atoms with Crippen LogP contribution in [0.5, 0.6) is 0 Å². The molecule has 0 amide bonds. The number of aliphatic carboxylic acids is 1. The van der Waals surface area contributed by atoms with E-state index >= 15 is 0 Å². The maximum Gasteiger partial charge on any atom is 1.00 e. The number of hydrogen-bond donors (Lipinski definition) is 0. The number of nitrogens with zero attached hydrogens (tertiary/aromatic N) is 1. The van der Waals surface area contributed by atoms with Crippen molar-refractivity contribution in [3.05, 3.63) is 0 Å². The van der Waals surface area contributed by atoms with Gasteiger partial charge in [-0.2, -0.15) is 0 Å². The Bertz CT molecular complexity index is 321. The molecule has 0 aliphatic rings. The number of carboxylic acid groups (broad SMARTS) is 1. The largest absolute Gasteiger partial charge is 1.00 e. The number of carboxylic acids is 1. The Morgan fingerprint density at radius 1 is 0.690 bits per heavy atom. The van der Waals surface area contributed by atoms with Gasteiger partial charge in [-0.3, -0.25) is 0 Å². The van der Waals surface area contributed by atoms with Crippen LogP contribution in [0.1, 0.15) is 136 Å². The maximum atomic E-state index is 10.6. The molecule has 0 aromatic heterocycles. The summed E-state index contributed by atoms with van der Waals surface area (Å²) >= 11 is 0. The maximum absolute atomic E-state index is 10.6. The fourth-order valence-electron chi connectivity index (χ4n) is 3.99. The predicted molar refractivity (Wildman–Crippen MR) is 120 cm³/mol. The van der Waals surface area contributed by atoms with Crippen molar-refractivity contribution in [2.24, 2.45) is 0 Å². The molecule has 0 saturated heterocycles. The Kier molecular flexibility index (Phi) is 26.2. The first-order chi connectivity index (χ1) is 13.6. The zero-order chi connectivity index (χ0) is 20.9. The van der Waals surface area contributed by atoms with Crippen LogP contribution in [0.15, 0.2) is 0 Å². The van der Waals surface area contributed by atoms with Crippen LogP contribution in [0, 0.1) is 0 Å². The summed E-state index contributed by atoms with van der Waals surface area (Å²) in [6, 6.07) is 0.571. The van der Waals surface area contributed by atoms with Gasteiger partial charge >= 0.3 is 18.9 Å². The summed E-state index contributed by atoms with van der Waals surface area (Å²) in [6.45, 7) is 9.31. The van der Waals surface area contributed by atoms with E-state index in [4.69, 9.17) is 0 Å². The minimum absolute atomic E-state index is 0. The van der Waals surface area contributed by atoms with Gasteiger partial charge in [0, 0.05) is 12.0 Å². The zero-order valence-corrected chi connectivity index (χ0v) is 20.5. The fourth-order valence-corrected chi connectivity index (χ4v) is 3.99. The van der Waals surface area contributed by atoms with E-state index in [1.54, 1.807) is 0 Å². The third-order valence-corrected chi connectivity index (χ3v) is 5.97. The zero-order valence-electron chi connectivity index (χ0n) is 20.5. The van der Waals surface area contributed by atoms with Gasteiger partial charge in [0.15, 0.2) is 0 Å². The normalized spacial score (nSPS) is 12.1. The predicted octanol–water partition coefficient (Wildman–Crippen LogP) is 3.49. The first-order valence-electron chi connectivity index (χ1n) is 12.6. The number of carbonyl (C=O) groups excluding carboxylic acids is 1. The minimum atomic E-state index is -0.907. The molecule has 168 valence electrons. The molecule has 0 aliphatic carbocycles. The number of hydrogen-bond acceptors (Lipinski definition) is 3. The molecular weight excluding hydrogens is 353 g/mol. The van der Waals surface area contributed by atoms with Gasteiger partial charge in [-0.05, 0) is 52.1 Å². The van der Waals surface area contributed by atoms with Crippen LogP contribution >= 0.6 is 0 Å². The van der Waals surface area contributed by atoms with E-state index in [2.05, 4.69) is 25.7 Å². The molecule has 4 heteroatoms. The van der Waals surface area contributed by atoms with Gasteiger partial charge in [0.25, 0.3) is 0 Å². The molecule has 1 unspecified atom stereocenters. The second-order valence-electron chi connectivity index (χ2n) is 8.75. The number of carbonyl (C=O) groups is 1. The van der Waals surface area contributed by atoms with E-state index in [-0.39, 0.29) is 25.3 Å². The van der Waals surface area contributed by atoms with Crippen molar-refractivity contribution in [1.82, 2.24) is 4.90 Å². The summed E-state index contributed by atoms with van der Waals surface area (Å²) in [6.07, 6.45) is 22.2. The third-order valence-electron chi connectivity index (χ3n) is 5.97. The van der Waals surface area contributed by atoms with Crippen LogP contribution in [-0.2, 0) is 4.79 Å². The summed E-state index contributed by atoms with van der Waals surface area (Å²) in [4.78, 5) is 13.3. The van der Waals surface area contributed by atoms with Gasteiger partial charge in [0.2, 0.25) is 0 Å². The Balaban J connectivity index is 0. The van der Waals surface area contributed by atoms with Crippen molar-refractivity contribution in [3.63, 3.8) is 0 Å². The van der Waals surface area contributed by atoms with Crippen LogP contribution in [0.2, 0.25) is 0 Å². The topological polar surface area (TPSA) is 43.4 Å². The van der Waals surface area contributed by atoms with Gasteiger partial charge < -0.3 is 14.8 Å². The minimum Gasteiger partial charge on any atom is -0.550 e. The van der Waals surface area contributed by atoms with Crippen molar-refractivity contribution < 1.29 is 28.8 Å². The van der Waals surface area contributed by atoms with Gasteiger partial charge in [0.1, 0.15) is 0 Å². The second-order valence-corrected chi connectivity index (χ2v) is 8.75. The van der Waals surface area contributed by atoms with Crippen LogP contribution in [0.25, 0.3) is 0 Å². The van der Waals surface area contributed by atoms with Crippen molar-refractivity contribution in [1.29, 1.82) is 0 Å². The smallest absolute Gasteiger partial charge is 0.550 e. The standard InChI is InChI=1S/C25H51NO2.Li/c1-4-6-8-10-12-14-18-22-26(23-19-15-13-11-9-7-5-2)24(3)20-16-17-21-25(27)28;/h24H,4-23H2,1-3H3,(H,27,28);/q;+1/p-1. The summed E-state index contributed by atoms with van der Waals surface area (Å²) < 4.78 is 0. The quantitative estimate of drug-likeness (QED) is 0.205. The van der Waals surface area contributed by atoms with E-state index in [9.17, 15) is 9.90 Å². The molecule has 0 saturated carbocycles. The van der Waals surface area contributed by atoms with E-state index in [0.29, 0.717) is 6.04 Å². The molecule has 0 fully saturated rings. The summed E-state index contributed by atoms with van der Waals surface area (Å²) in [5.41, 5.74) is 0. The Morgan fingerprint density at radius 3 is 1.52 bits per heavy atom. The third kappa shape index (κ3) is 22.5. The van der Waals surface area contributed by atoms with Gasteiger partial charge in [-0.1, -0.05) is 97.3 Å². The molecule has 0 aromatic carbocycles. The van der Waals surface area contributed by atoms with Gasteiger partial charge in [0.05, 0.1) is 0 Å². The second kappa shape index (κ2) is 24.3. The number of rotatable bonds is 22. The van der Waals surface area contributed by atoms with E-state index in [1.807, 2.05) is 0 Å². The molecule has 0 rings (SSSR count). The average molecular weight is 404 g/mol. The Hall–Kier alpha value is 0.0274. The van der Waals surface area contributed by atoms with E-state index < -0.39 is 5.97 Å².